The zero-order valence-corrected chi connectivity index (χ0v) is 17.7. The van der Waals surface area contributed by atoms with Crippen LogP contribution in [0, 0.1) is 0 Å². The second-order valence-corrected chi connectivity index (χ2v) is 9.02. The van der Waals surface area contributed by atoms with Gasteiger partial charge in [0.15, 0.2) is 0 Å². The number of benzene rings is 2. The van der Waals surface area contributed by atoms with Crippen LogP contribution in [-0.2, 0) is 29.1 Å². The van der Waals surface area contributed by atoms with Gasteiger partial charge in [0.05, 0.1) is 24.4 Å². The van der Waals surface area contributed by atoms with E-state index >= 15 is 0 Å². The first-order chi connectivity index (χ1) is 12.0. The van der Waals surface area contributed by atoms with Crippen LogP contribution in [0.3, 0.4) is 0 Å². The lowest BCUT2D eigenvalue weighted by Gasteiger charge is -2.26. The molecule has 0 atom stereocenters. The first-order valence-electron chi connectivity index (χ1n) is 8.84. The van der Waals surface area contributed by atoms with Gasteiger partial charge >= 0.3 is 0 Å². The standard InChI is InChI=1S/C22H28Cl2O2/c1-21(2,3)25-15-18-9-6-17(12-20(18)24)13-22(4,5)26-14-16-7-10-19(23)11-8-16/h6-12H,13-15H2,1-5H3. The van der Waals surface area contributed by atoms with Crippen molar-refractivity contribution in [1.82, 2.24) is 0 Å². The van der Waals surface area contributed by atoms with E-state index in [1.807, 2.05) is 57.2 Å². The molecular formula is C22H28Cl2O2. The summed E-state index contributed by atoms with van der Waals surface area (Å²) in [6, 6.07) is 13.9. The fourth-order valence-electron chi connectivity index (χ4n) is 2.51. The van der Waals surface area contributed by atoms with Crippen molar-refractivity contribution in [3.63, 3.8) is 0 Å². The van der Waals surface area contributed by atoms with Gasteiger partial charge in [-0.3, -0.25) is 0 Å². The Bertz CT molecular complexity index is 716. The van der Waals surface area contributed by atoms with Gasteiger partial charge in [-0.2, -0.15) is 0 Å². The van der Waals surface area contributed by atoms with Gasteiger partial charge in [0.25, 0.3) is 0 Å². The van der Waals surface area contributed by atoms with Crippen LogP contribution < -0.4 is 0 Å². The van der Waals surface area contributed by atoms with Crippen molar-refractivity contribution in [3.8, 4) is 0 Å². The lowest BCUT2D eigenvalue weighted by atomic mass is 9.97. The fraction of sp³-hybridized carbons (Fsp3) is 0.455. The fourth-order valence-corrected chi connectivity index (χ4v) is 2.90. The highest BCUT2D eigenvalue weighted by Gasteiger charge is 2.20. The molecule has 2 nitrogen and oxygen atoms in total. The molecule has 0 saturated carbocycles. The van der Waals surface area contributed by atoms with Crippen LogP contribution in [0.4, 0.5) is 0 Å². The highest BCUT2D eigenvalue weighted by molar-refractivity contribution is 6.31. The topological polar surface area (TPSA) is 18.5 Å². The second-order valence-electron chi connectivity index (χ2n) is 8.18. The van der Waals surface area contributed by atoms with E-state index in [-0.39, 0.29) is 11.2 Å². The average molecular weight is 395 g/mol. The molecule has 0 aromatic heterocycles. The molecule has 142 valence electrons. The SMILES string of the molecule is CC(C)(C)OCc1ccc(CC(C)(C)OCc2ccc(Cl)cc2)cc1Cl. The van der Waals surface area contributed by atoms with Crippen molar-refractivity contribution in [2.75, 3.05) is 0 Å². The van der Waals surface area contributed by atoms with Gasteiger partial charge in [-0.15, -0.1) is 0 Å². The van der Waals surface area contributed by atoms with Crippen molar-refractivity contribution in [1.29, 1.82) is 0 Å². The van der Waals surface area contributed by atoms with Crippen LogP contribution in [0.2, 0.25) is 10.0 Å². The largest absolute Gasteiger partial charge is 0.371 e. The first-order valence-corrected chi connectivity index (χ1v) is 9.59. The van der Waals surface area contributed by atoms with E-state index in [2.05, 4.69) is 19.9 Å². The predicted molar refractivity (Wildman–Crippen MR) is 110 cm³/mol. The monoisotopic (exact) mass is 394 g/mol. The van der Waals surface area contributed by atoms with E-state index in [9.17, 15) is 0 Å². The van der Waals surface area contributed by atoms with Crippen LogP contribution in [-0.4, -0.2) is 11.2 Å². The van der Waals surface area contributed by atoms with Crippen molar-refractivity contribution in [2.45, 2.75) is 65.5 Å². The third-order valence-electron chi connectivity index (χ3n) is 3.95. The Morgan fingerprint density at radius 3 is 1.96 bits per heavy atom. The summed E-state index contributed by atoms with van der Waals surface area (Å²) in [5.41, 5.74) is 2.78. The lowest BCUT2D eigenvalue weighted by molar-refractivity contribution is -0.0287. The molecule has 26 heavy (non-hydrogen) atoms. The molecule has 0 fully saturated rings. The van der Waals surface area contributed by atoms with Gasteiger partial charge < -0.3 is 9.47 Å². The third kappa shape index (κ3) is 7.28. The molecule has 0 aliphatic rings. The van der Waals surface area contributed by atoms with Gasteiger partial charge in [0.2, 0.25) is 0 Å². The molecule has 0 saturated heterocycles. The minimum atomic E-state index is -0.299. The Labute approximate surface area is 167 Å². The molecule has 0 bridgehead atoms. The second kappa shape index (κ2) is 8.75. The van der Waals surface area contributed by atoms with Crippen LogP contribution in [0.15, 0.2) is 42.5 Å². The summed E-state index contributed by atoms with van der Waals surface area (Å²) >= 11 is 12.4. The normalized spacial score (nSPS) is 12.4. The lowest BCUT2D eigenvalue weighted by Crippen LogP contribution is -2.27. The Balaban J connectivity index is 1.95. The Hall–Kier alpha value is -1.06. The molecule has 2 aromatic rings. The van der Waals surface area contributed by atoms with Crippen LogP contribution in [0.5, 0.6) is 0 Å². The Kier molecular flexibility index (Phi) is 7.15. The van der Waals surface area contributed by atoms with E-state index in [1.165, 1.54) is 0 Å². The quantitative estimate of drug-likeness (QED) is 0.511. The highest BCUT2D eigenvalue weighted by atomic mass is 35.5. The summed E-state index contributed by atoms with van der Waals surface area (Å²) < 4.78 is 11.9. The van der Waals surface area contributed by atoms with Crippen molar-refractivity contribution < 1.29 is 9.47 Å². The van der Waals surface area contributed by atoms with E-state index in [1.54, 1.807) is 0 Å². The summed E-state index contributed by atoms with van der Waals surface area (Å²) in [6.45, 7) is 11.4. The molecule has 0 unspecified atom stereocenters. The van der Waals surface area contributed by atoms with Crippen LogP contribution in [0.25, 0.3) is 0 Å². The molecule has 0 N–H and O–H groups in total. The van der Waals surface area contributed by atoms with E-state index in [0.717, 1.165) is 33.2 Å². The smallest absolute Gasteiger partial charge is 0.0738 e. The molecule has 4 heteroatoms. The maximum Gasteiger partial charge on any atom is 0.0738 e. The number of halogens is 2. The molecule has 0 heterocycles. The summed E-state index contributed by atoms with van der Waals surface area (Å²) in [7, 11) is 0. The minimum absolute atomic E-state index is 0.181. The molecule has 2 rings (SSSR count). The molecule has 0 radical (unpaired) electrons. The maximum absolute atomic E-state index is 6.44. The zero-order valence-electron chi connectivity index (χ0n) is 16.2. The Morgan fingerprint density at radius 2 is 1.38 bits per heavy atom. The third-order valence-corrected chi connectivity index (χ3v) is 4.55. The van der Waals surface area contributed by atoms with Crippen LogP contribution >= 0.6 is 23.2 Å². The van der Waals surface area contributed by atoms with Gasteiger partial charge in [-0.1, -0.05) is 47.5 Å². The molecule has 0 amide bonds. The summed E-state index contributed by atoms with van der Waals surface area (Å²) in [5.74, 6) is 0. The number of hydrogen-bond acceptors (Lipinski definition) is 2. The van der Waals surface area contributed by atoms with E-state index in [4.69, 9.17) is 32.7 Å². The summed E-state index contributed by atoms with van der Waals surface area (Å²) in [4.78, 5) is 0. The Morgan fingerprint density at radius 1 is 0.769 bits per heavy atom. The van der Waals surface area contributed by atoms with Crippen LogP contribution in [0.1, 0.15) is 51.3 Å². The van der Waals surface area contributed by atoms with Gasteiger partial charge in [-0.05, 0) is 69.5 Å². The molecule has 0 spiro atoms. The predicted octanol–water partition coefficient (Wildman–Crippen LogP) is 6.85. The summed E-state index contributed by atoms with van der Waals surface area (Å²) in [6.07, 6.45) is 0.778. The minimum Gasteiger partial charge on any atom is -0.371 e. The van der Waals surface area contributed by atoms with Crippen molar-refractivity contribution in [3.05, 3.63) is 69.2 Å². The number of ether oxygens (including phenoxy) is 2. The van der Waals surface area contributed by atoms with Gasteiger partial charge in [0, 0.05) is 16.5 Å². The van der Waals surface area contributed by atoms with Gasteiger partial charge in [0.1, 0.15) is 0 Å². The number of rotatable bonds is 7. The van der Waals surface area contributed by atoms with E-state index < -0.39 is 0 Å². The number of hydrogen-bond donors (Lipinski definition) is 0. The van der Waals surface area contributed by atoms with Crippen molar-refractivity contribution in [2.24, 2.45) is 0 Å². The van der Waals surface area contributed by atoms with Gasteiger partial charge in [-0.25, -0.2) is 0 Å². The molecular weight excluding hydrogens is 367 g/mol. The maximum atomic E-state index is 6.44. The first kappa shape index (κ1) is 21.2. The molecule has 0 aliphatic carbocycles. The molecule has 2 aromatic carbocycles. The highest BCUT2D eigenvalue weighted by Crippen LogP contribution is 2.25. The average Bonchev–Trinajstić information content (AvgIpc) is 2.52. The molecule has 0 aliphatic heterocycles. The summed E-state index contributed by atoms with van der Waals surface area (Å²) in [5, 5.41) is 1.47. The zero-order chi connectivity index (χ0) is 19.4. The van der Waals surface area contributed by atoms with Crippen molar-refractivity contribution >= 4 is 23.2 Å². The van der Waals surface area contributed by atoms with E-state index in [0.29, 0.717) is 13.2 Å².